The van der Waals surface area contributed by atoms with Crippen molar-refractivity contribution in [1.82, 2.24) is 0 Å². The van der Waals surface area contributed by atoms with Gasteiger partial charge in [0.2, 0.25) is 0 Å². The van der Waals surface area contributed by atoms with Gasteiger partial charge < -0.3 is 4.74 Å². The van der Waals surface area contributed by atoms with Gasteiger partial charge in [-0.25, -0.2) is 0 Å². The van der Waals surface area contributed by atoms with E-state index in [0.717, 1.165) is 19.3 Å². The molecule has 0 saturated carbocycles. The van der Waals surface area contributed by atoms with E-state index in [1.165, 1.54) is 0 Å². The Bertz CT molecular complexity index is 145. The number of rotatable bonds is 6. The molecule has 0 bridgehead atoms. The fourth-order valence-corrected chi connectivity index (χ4v) is 1.01. The number of esters is 1. The zero-order valence-electron chi connectivity index (χ0n) is 7.38. The molecule has 0 radical (unpaired) electrons. The largest absolute Gasteiger partial charge is 0.458 e. The quantitative estimate of drug-likeness (QED) is 0.324. The third-order valence-corrected chi connectivity index (χ3v) is 2.12. The molecule has 1 unspecified atom stereocenters. The Balaban J connectivity index is 3.66. The van der Waals surface area contributed by atoms with Crippen LogP contribution in [0.15, 0.2) is 12.7 Å². The smallest absolute Gasteiger partial charge is 0.316 e. The van der Waals surface area contributed by atoms with Crippen LogP contribution in [-0.4, -0.2) is 16.5 Å². The van der Waals surface area contributed by atoms with Gasteiger partial charge in [0.1, 0.15) is 6.10 Å². The zero-order valence-corrected chi connectivity index (χ0v) is 9.54. The predicted molar refractivity (Wildman–Crippen MR) is 58.5 cm³/mol. The van der Waals surface area contributed by atoms with Crippen LogP contribution in [0.4, 0.5) is 0 Å². The molecule has 1 atom stereocenters. The lowest BCUT2D eigenvalue weighted by Gasteiger charge is -2.11. The highest BCUT2D eigenvalue weighted by molar-refractivity contribution is 14.1. The topological polar surface area (TPSA) is 26.3 Å². The minimum Gasteiger partial charge on any atom is -0.458 e. The predicted octanol–water partition coefficient (Wildman–Crippen LogP) is 2.71. The van der Waals surface area contributed by atoms with Gasteiger partial charge in [0.05, 0.1) is 4.43 Å². The molecule has 0 aliphatic heterocycles. The summed E-state index contributed by atoms with van der Waals surface area (Å²) in [7, 11) is 0. The maximum absolute atomic E-state index is 10.9. The van der Waals surface area contributed by atoms with Gasteiger partial charge in [-0.05, 0) is 12.8 Å². The van der Waals surface area contributed by atoms with Crippen LogP contribution in [0.3, 0.4) is 0 Å². The van der Waals surface area contributed by atoms with Gasteiger partial charge in [-0.1, -0.05) is 48.6 Å². The summed E-state index contributed by atoms with van der Waals surface area (Å²) in [6, 6.07) is 0. The number of hydrogen-bond donors (Lipinski definition) is 0. The van der Waals surface area contributed by atoms with E-state index in [1.807, 2.05) is 22.6 Å². The lowest BCUT2D eigenvalue weighted by atomic mass is 10.1. The van der Waals surface area contributed by atoms with Crippen LogP contribution >= 0.6 is 22.6 Å². The van der Waals surface area contributed by atoms with E-state index in [0.29, 0.717) is 4.43 Å². The Hall–Kier alpha value is -0.0600. The summed E-state index contributed by atoms with van der Waals surface area (Å²) >= 11 is 1.99. The summed E-state index contributed by atoms with van der Waals surface area (Å²) in [6.45, 7) is 5.73. The van der Waals surface area contributed by atoms with Crippen molar-refractivity contribution in [2.45, 2.75) is 32.3 Å². The summed E-state index contributed by atoms with van der Waals surface area (Å²) in [5, 5.41) is 0. The van der Waals surface area contributed by atoms with E-state index in [4.69, 9.17) is 4.74 Å². The molecule has 12 heavy (non-hydrogen) atoms. The van der Waals surface area contributed by atoms with Crippen LogP contribution in [0, 0.1) is 0 Å². The molecule has 0 saturated heterocycles. The van der Waals surface area contributed by atoms with E-state index < -0.39 is 0 Å². The molecule has 0 spiro atoms. The number of hydrogen-bond acceptors (Lipinski definition) is 2. The Morgan fingerprint density at radius 1 is 1.75 bits per heavy atom. The molecule has 2 nitrogen and oxygen atoms in total. The van der Waals surface area contributed by atoms with Gasteiger partial charge >= 0.3 is 5.97 Å². The van der Waals surface area contributed by atoms with Crippen molar-refractivity contribution >= 4 is 28.6 Å². The third-order valence-electron chi connectivity index (χ3n) is 1.50. The molecule has 0 aromatic carbocycles. The molecule has 3 heteroatoms. The van der Waals surface area contributed by atoms with Crippen LogP contribution in [0.1, 0.15) is 26.2 Å². The average molecular weight is 282 g/mol. The lowest BCUT2D eigenvalue weighted by Crippen LogP contribution is -2.16. The lowest BCUT2D eigenvalue weighted by molar-refractivity contribution is -0.143. The second-order valence-corrected chi connectivity index (χ2v) is 3.30. The molecule has 70 valence electrons. The molecule has 0 fully saturated rings. The minimum absolute atomic E-state index is 0.0905. The summed E-state index contributed by atoms with van der Waals surface area (Å²) in [5.41, 5.74) is 0. The molecule has 0 aromatic rings. The van der Waals surface area contributed by atoms with E-state index >= 15 is 0 Å². The molecule has 0 rings (SSSR count). The van der Waals surface area contributed by atoms with Gasteiger partial charge in [-0.2, -0.15) is 0 Å². The van der Waals surface area contributed by atoms with Crippen molar-refractivity contribution in [3.63, 3.8) is 0 Å². The monoisotopic (exact) mass is 282 g/mol. The van der Waals surface area contributed by atoms with Crippen LogP contribution in [0.25, 0.3) is 0 Å². The van der Waals surface area contributed by atoms with E-state index in [1.54, 1.807) is 6.08 Å². The van der Waals surface area contributed by atoms with Crippen LogP contribution in [0.2, 0.25) is 0 Å². The van der Waals surface area contributed by atoms with Gasteiger partial charge in [0.25, 0.3) is 0 Å². The van der Waals surface area contributed by atoms with Gasteiger partial charge in [-0.3, -0.25) is 4.79 Å². The Morgan fingerprint density at radius 3 is 2.83 bits per heavy atom. The van der Waals surface area contributed by atoms with Crippen LogP contribution in [-0.2, 0) is 9.53 Å². The number of ether oxygens (including phenoxy) is 1. The summed E-state index contributed by atoms with van der Waals surface area (Å²) in [4.78, 5) is 10.9. The zero-order chi connectivity index (χ0) is 9.40. The van der Waals surface area contributed by atoms with Gasteiger partial charge in [-0.15, -0.1) is 0 Å². The Kier molecular flexibility index (Phi) is 7.54. The maximum atomic E-state index is 10.9. The molecule has 0 aromatic heterocycles. The molecular weight excluding hydrogens is 267 g/mol. The second kappa shape index (κ2) is 7.58. The Morgan fingerprint density at radius 2 is 2.42 bits per heavy atom. The molecule has 0 amide bonds. The number of carbonyl (C=O) groups excluding carboxylic acids is 1. The first-order chi connectivity index (χ1) is 5.74. The van der Waals surface area contributed by atoms with Crippen LogP contribution < -0.4 is 0 Å². The molecule has 0 aliphatic rings. The number of unbranched alkanes of at least 4 members (excludes halogenated alkanes) is 1. The number of carbonyl (C=O) groups is 1. The fourth-order valence-electron chi connectivity index (χ4n) is 0.831. The highest BCUT2D eigenvalue weighted by atomic mass is 127. The van der Waals surface area contributed by atoms with Crippen molar-refractivity contribution in [2.24, 2.45) is 0 Å². The molecule has 0 heterocycles. The summed E-state index contributed by atoms with van der Waals surface area (Å²) < 4.78 is 5.50. The maximum Gasteiger partial charge on any atom is 0.316 e. The standard InChI is InChI=1S/C9H15IO2/c1-3-5-6-8(4-2)12-9(11)7-10/h4,8H,2-3,5-7H2,1H3. The van der Waals surface area contributed by atoms with Crippen molar-refractivity contribution < 1.29 is 9.53 Å². The number of halogens is 1. The third kappa shape index (κ3) is 5.57. The van der Waals surface area contributed by atoms with Crippen molar-refractivity contribution in [1.29, 1.82) is 0 Å². The first-order valence-electron chi connectivity index (χ1n) is 4.12. The van der Waals surface area contributed by atoms with Crippen molar-refractivity contribution in [2.75, 3.05) is 4.43 Å². The summed E-state index contributed by atoms with van der Waals surface area (Å²) in [5.74, 6) is -0.156. The SMILES string of the molecule is C=CC(CCCC)OC(=O)CI. The average Bonchev–Trinajstić information content (AvgIpc) is 2.11. The Labute approximate surface area is 87.5 Å². The number of alkyl halides is 1. The highest BCUT2D eigenvalue weighted by Crippen LogP contribution is 2.06. The van der Waals surface area contributed by atoms with E-state index in [2.05, 4.69) is 13.5 Å². The molecule has 0 aliphatic carbocycles. The second-order valence-electron chi connectivity index (χ2n) is 2.54. The van der Waals surface area contributed by atoms with Crippen LogP contribution in [0.5, 0.6) is 0 Å². The summed E-state index contributed by atoms with van der Waals surface area (Å²) in [6.07, 6.45) is 4.69. The molecule has 0 N–H and O–H groups in total. The van der Waals surface area contributed by atoms with Crippen molar-refractivity contribution in [3.05, 3.63) is 12.7 Å². The first kappa shape index (κ1) is 11.9. The highest BCUT2D eigenvalue weighted by Gasteiger charge is 2.08. The van der Waals surface area contributed by atoms with E-state index in [9.17, 15) is 4.79 Å². The van der Waals surface area contributed by atoms with Crippen molar-refractivity contribution in [3.8, 4) is 0 Å². The molecular formula is C9H15IO2. The van der Waals surface area contributed by atoms with Gasteiger partial charge in [0.15, 0.2) is 0 Å². The van der Waals surface area contributed by atoms with E-state index in [-0.39, 0.29) is 12.1 Å². The normalized spacial score (nSPS) is 12.2. The van der Waals surface area contributed by atoms with Gasteiger partial charge in [0, 0.05) is 0 Å². The first-order valence-corrected chi connectivity index (χ1v) is 5.65. The fraction of sp³-hybridized carbons (Fsp3) is 0.667. The minimum atomic E-state index is -0.156.